The highest BCUT2D eigenvalue weighted by Gasteiger charge is 2.15. The molecule has 6 heteroatoms. The van der Waals surface area contributed by atoms with Crippen LogP contribution in [0.1, 0.15) is 13.8 Å². The van der Waals surface area contributed by atoms with Gasteiger partial charge < -0.3 is 10.6 Å². The molecule has 0 fully saturated rings. The van der Waals surface area contributed by atoms with E-state index < -0.39 is 0 Å². The van der Waals surface area contributed by atoms with Crippen molar-refractivity contribution in [2.45, 2.75) is 19.9 Å². The number of hydrogen-bond acceptors (Lipinski definition) is 3. The van der Waals surface area contributed by atoms with Gasteiger partial charge in [0.1, 0.15) is 5.82 Å². The number of halogens is 1. The van der Waals surface area contributed by atoms with Gasteiger partial charge in [-0.3, -0.25) is 4.79 Å². The number of amides is 1. The first-order chi connectivity index (χ1) is 12.5. The topological polar surface area (TPSA) is 59.0 Å². The van der Waals surface area contributed by atoms with Crippen molar-refractivity contribution in [3.05, 3.63) is 65.7 Å². The van der Waals surface area contributed by atoms with E-state index in [0.29, 0.717) is 16.5 Å². The van der Waals surface area contributed by atoms with Crippen molar-refractivity contribution in [3.63, 3.8) is 0 Å². The zero-order chi connectivity index (χ0) is 18.5. The molecule has 0 aliphatic heterocycles. The molecule has 5 nitrogen and oxygen atoms in total. The Balaban J connectivity index is 1.97. The fourth-order valence-corrected chi connectivity index (χ4v) is 2.73. The van der Waals surface area contributed by atoms with E-state index in [4.69, 9.17) is 11.6 Å². The Morgan fingerprint density at radius 1 is 1.12 bits per heavy atom. The van der Waals surface area contributed by atoms with Gasteiger partial charge in [0.25, 0.3) is 0 Å². The standard InChI is InChI=1S/C20H21ClN4O/c1-14(2)22-13-20(26)23-19-12-17(15-8-4-3-5-9-15)24-25(19)18-11-7-6-10-16(18)21/h3-12,14,22H,13H2,1-2H3,(H,23,26). The third kappa shape index (κ3) is 4.31. The maximum absolute atomic E-state index is 12.3. The van der Waals surface area contributed by atoms with E-state index in [1.807, 2.05) is 68.4 Å². The smallest absolute Gasteiger partial charge is 0.239 e. The van der Waals surface area contributed by atoms with E-state index >= 15 is 0 Å². The van der Waals surface area contributed by atoms with Crippen LogP contribution in [0.5, 0.6) is 0 Å². The maximum Gasteiger partial charge on any atom is 0.239 e. The molecule has 1 amide bonds. The number of para-hydroxylation sites is 1. The largest absolute Gasteiger partial charge is 0.309 e. The van der Waals surface area contributed by atoms with Crippen LogP contribution < -0.4 is 10.6 Å². The van der Waals surface area contributed by atoms with Crippen LogP contribution in [-0.2, 0) is 4.79 Å². The van der Waals surface area contributed by atoms with E-state index in [-0.39, 0.29) is 18.5 Å². The Hall–Kier alpha value is -2.63. The molecule has 0 aliphatic carbocycles. The van der Waals surface area contributed by atoms with Crippen molar-refractivity contribution in [2.75, 3.05) is 11.9 Å². The highest BCUT2D eigenvalue weighted by Crippen LogP contribution is 2.28. The van der Waals surface area contributed by atoms with E-state index in [1.165, 1.54) is 0 Å². The predicted octanol–water partition coefficient (Wildman–Crippen LogP) is 4.13. The minimum Gasteiger partial charge on any atom is -0.309 e. The molecule has 0 radical (unpaired) electrons. The minimum atomic E-state index is -0.133. The Kier molecular flexibility index (Phi) is 5.71. The lowest BCUT2D eigenvalue weighted by Crippen LogP contribution is -2.33. The number of nitrogens with zero attached hydrogens (tertiary/aromatic N) is 2. The minimum absolute atomic E-state index is 0.133. The van der Waals surface area contributed by atoms with Gasteiger partial charge in [-0.1, -0.05) is 67.9 Å². The predicted molar refractivity (Wildman–Crippen MR) is 106 cm³/mol. The molecule has 134 valence electrons. The van der Waals surface area contributed by atoms with Crippen LogP contribution in [0, 0.1) is 0 Å². The fourth-order valence-electron chi connectivity index (χ4n) is 2.51. The monoisotopic (exact) mass is 368 g/mol. The molecule has 1 heterocycles. The van der Waals surface area contributed by atoms with E-state index in [2.05, 4.69) is 15.7 Å². The van der Waals surface area contributed by atoms with Crippen LogP contribution in [0.15, 0.2) is 60.7 Å². The first kappa shape index (κ1) is 18.2. The van der Waals surface area contributed by atoms with Crippen LogP contribution in [0.3, 0.4) is 0 Å². The zero-order valence-corrected chi connectivity index (χ0v) is 15.5. The number of benzene rings is 2. The lowest BCUT2D eigenvalue weighted by molar-refractivity contribution is -0.115. The Morgan fingerprint density at radius 2 is 1.81 bits per heavy atom. The van der Waals surface area contributed by atoms with Crippen LogP contribution in [0.25, 0.3) is 16.9 Å². The van der Waals surface area contributed by atoms with E-state index in [0.717, 1.165) is 11.3 Å². The summed E-state index contributed by atoms with van der Waals surface area (Å²) in [5.74, 6) is 0.444. The lowest BCUT2D eigenvalue weighted by atomic mass is 10.2. The Bertz CT molecular complexity index is 890. The fraction of sp³-hybridized carbons (Fsp3) is 0.200. The number of anilines is 1. The molecule has 2 aromatic carbocycles. The summed E-state index contributed by atoms with van der Waals surface area (Å²) < 4.78 is 1.66. The molecule has 3 aromatic rings. The summed E-state index contributed by atoms with van der Waals surface area (Å²) in [6.07, 6.45) is 0. The molecule has 2 N–H and O–H groups in total. The highest BCUT2D eigenvalue weighted by atomic mass is 35.5. The molecule has 0 unspecified atom stereocenters. The first-order valence-electron chi connectivity index (χ1n) is 8.48. The molecule has 0 spiro atoms. The second-order valence-corrected chi connectivity index (χ2v) is 6.64. The zero-order valence-electron chi connectivity index (χ0n) is 14.7. The van der Waals surface area contributed by atoms with Gasteiger partial charge in [0.2, 0.25) is 5.91 Å². The third-order valence-electron chi connectivity index (χ3n) is 3.80. The lowest BCUT2D eigenvalue weighted by Gasteiger charge is -2.11. The van der Waals surface area contributed by atoms with Gasteiger partial charge in [0.15, 0.2) is 0 Å². The molecule has 0 atom stereocenters. The van der Waals surface area contributed by atoms with Gasteiger partial charge in [0.05, 0.1) is 22.9 Å². The average Bonchev–Trinajstić information content (AvgIpc) is 3.04. The summed E-state index contributed by atoms with van der Waals surface area (Å²) in [6, 6.07) is 19.3. The van der Waals surface area contributed by atoms with Gasteiger partial charge in [-0.2, -0.15) is 5.10 Å². The second kappa shape index (κ2) is 8.17. The third-order valence-corrected chi connectivity index (χ3v) is 4.12. The quantitative estimate of drug-likeness (QED) is 0.687. The van der Waals surface area contributed by atoms with Crippen LogP contribution >= 0.6 is 11.6 Å². The molecule has 0 saturated carbocycles. The van der Waals surface area contributed by atoms with Crippen molar-refractivity contribution in [1.82, 2.24) is 15.1 Å². The number of hydrogen-bond donors (Lipinski definition) is 2. The van der Waals surface area contributed by atoms with Crippen LogP contribution in [0.4, 0.5) is 5.82 Å². The summed E-state index contributed by atoms with van der Waals surface area (Å²) in [5, 5.41) is 11.2. The summed E-state index contributed by atoms with van der Waals surface area (Å²) >= 11 is 6.34. The van der Waals surface area contributed by atoms with Crippen molar-refractivity contribution in [3.8, 4) is 16.9 Å². The van der Waals surface area contributed by atoms with Crippen LogP contribution in [-0.4, -0.2) is 28.3 Å². The number of carbonyl (C=O) groups excluding carboxylic acids is 1. The summed E-state index contributed by atoms with van der Waals surface area (Å²) in [7, 11) is 0. The SMILES string of the molecule is CC(C)NCC(=O)Nc1cc(-c2ccccc2)nn1-c1ccccc1Cl. The summed E-state index contributed by atoms with van der Waals surface area (Å²) in [4.78, 5) is 12.3. The molecule has 0 saturated heterocycles. The van der Waals surface area contributed by atoms with E-state index in [1.54, 1.807) is 10.7 Å². The van der Waals surface area contributed by atoms with Crippen molar-refractivity contribution < 1.29 is 4.79 Å². The van der Waals surface area contributed by atoms with Gasteiger partial charge in [0, 0.05) is 17.7 Å². The molecule has 1 aromatic heterocycles. The number of aromatic nitrogens is 2. The number of nitrogens with one attached hydrogen (secondary N) is 2. The normalized spacial score (nSPS) is 10.9. The Morgan fingerprint density at radius 3 is 2.50 bits per heavy atom. The molecule has 26 heavy (non-hydrogen) atoms. The molecular formula is C20H21ClN4O. The number of carbonyl (C=O) groups is 1. The molecule has 0 bridgehead atoms. The van der Waals surface area contributed by atoms with Crippen molar-refractivity contribution in [1.29, 1.82) is 0 Å². The van der Waals surface area contributed by atoms with E-state index in [9.17, 15) is 4.79 Å². The van der Waals surface area contributed by atoms with Gasteiger partial charge in [-0.05, 0) is 12.1 Å². The first-order valence-corrected chi connectivity index (χ1v) is 8.86. The van der Waals surface area contributed by atoms with Gasteiger partial charge >= 0.3 is 0 Å². The average molecular weight is 369 g/mol. The Labute approximate surface area is 158 Å². The van der Waals surface area contributed by atoms with Crippen molar-refractivity contribution >= 4 is 23.3 Å². The van der Waals surface area contributed by atoms with Gasteiger partial charge in [-0.15, -0.1) is 0 Å². The second-order valence-electron chi connectivity index (χ2n) is 6.23. The summed E-state index contributed by atoms with van der Waals surface area (Å²) in [6.45, 7) is 4.22. The molecular weight excluding hydrogens is 348 g/mol. The molecule has 0 aliphatic rings. The highest BCUT2D eigenvalue weighted by molar-refractivity contribution is 6.32. The maximum atomic E-state index is 12.3. The van der Waals surface area contributed by atoms with Gasteiger partial charge in [-0.25, -0.2) is 4.68 Å². The van der Waals surface area contributed by atoms with Crippen molar-refractivity contribution in [2.24, 2.45) is 0 Å². The van der Waals surface area contributed by atoms with Crippen LogP contribution in [0.2, 0.25) is 5.02 Å². The molecule has 3 rings (SSSR count). The summed E-state index contributed by atoms with van der Waals surface area (Å²) in [5.41, 5.74) is 2.44. The number of rotatable bonds is 6.